The molecule has 0 bridgehead atoms. The SMILES string of the molecule is COCCn1ccnc1C1N(C(=O)c2ccc3[nH]cnc3n2)CC1(C)C. The fourth-order valence-corrected chi connectivity index (χ4v) is 3.64. The molecule has 1 atom stereocenters. The number of H-pyrrole nitrogens is 1. The number of hydrogen-bond donors (Lipinski definition) is 1. The number of ether oxygens (including phenoxy) is 1. The van der Waals surface area contributed by atoms with Crippen LogP contribution in [0.4, 0.5) is 0 Å². The zero-order chi connectivity index (χ0) is 18.3. The number of pyridine rings is 1. The van der Waals surface area contributed by atoms with Gasteiger partial charge in [0.15, 0.2) is 5.65 Å². The zero-order valence-corrected chi connectivity index (χ0v) is 15.1. The summed E-state index contributed by atoms with van der Waals surface area (Å²) in [4.78, 5) is 31.0. The number of likely N-dealkylation sites (tertiary alicyclic amines) is 1. The summed E-state index contributed by atoms with van der Waals surface area (Å²) in [7, 11) is 1.68. The van der Waals surface area contributed by atoms with E-state index >= 15 is 0 Å². The normalized spacial score (nSPS) is 18.9. The van der Waals surface area contributed by atoms with Crippen LogP contribution in [0.2, 0.25) is 0 Å². The lowest BCUT2D eigenvalue weighted by Gasteiger charge is -2.53. The van der Waals surface area contributed by atoms with Gasteiger partial charge in [-0.1, -0.05) is 13.8 Å². The van der Waals surface area contributed by atoms with Crippen LogP contribution >= 0.6 is 0 Å². The largest absolute Gasteiger partial charge is 0.383 e. The minimum absolute atomic E-state index is 0.0533. The fraction of sp³-hybridized carbons (Fsp3) is 0.444. The number of methoxy groups -OCH3 is 1. The predicted molar refractivity (Wildman–Crippen MR) is 95.6 cm³/mol. The van der Waals surface area contributed by atoms with Gasteiger partial charge in [-0.05, 0) is 12.1 Å². The van der Waals surface area contributed by atoms with Gasteiger partial charge in [-0.2, -0.15) is 0 Å². The molecule has 3 aromatic heterocycles. The van der Waals surface area contributed by atoms with Gasteiger partial charge in [-0.25, -0.2) is 15.0 Å². The molecular weight excluding hydrogens is 332 g/mol. The van der Waals surface area contributed by atoms with Crippen molar-refractivity contribution in [2.24, 2.45) is 5.41 Å². The second-order valence-corrected chi connectivity index (χ2v) is 7.27. The summed E-state index contributed by atoms with van der Waals surface area (Å²) in [6, 6.07) is 3.48. The van der Waals surface area contributed by atoms with Gasteiger partial charge in [0.05, 0.1) is 24.5 Å². The van der Waals surface area contributed by atoms with Gasteiger partial charge in [0, 0.05) is 38.0 Å². The molecule has 1 fully saturated rings. The lowest BCUT2D eigenvalue weighted by molar-refractivity contribution is -0.0385. The number of carbonyl (C=O) groups is 1. The molecule has 136 valence electrons. The second-order valence-electron chi connectivity index (χ2n) is 7.27. The number of aromatic nitrogens is 5. The fourth-order valence-electron chi connectivity index (χ4n) is 3.64. The van der Waals surface area contributed by atoms with Crippen LogP contribution in [0.3, 0.4) is 0 Å². The predicted octanol–water partition coefficient (Wildman–Crippen LogP) is 2.02. The highest BCUT2D eigenvalue weighted by molar-refractivity contribution is 5.95. The third-order valence-electron chi connectivity index (χ3n) is 4.92. The molecule has 1 aliphatic heterocycles. The molecule has 0 aliphatic carbocycles. The number of nitrogens with one attached hydrogen (secondary N) is 1. The average molecular weight is 354 g/mol. The van der Waals surface area contributed by atoms with Crippen LogP contribution in [0.25, 0.3) is 11.2 Å². The van der Waals surface area contributed by atoms with E-state index in [1.807, 2.05) is 17.2 Å². The monoisotopic (exact) mass is 354 g/mol. The van der Waals surface area contributed by atoms with E-state index in [9.17, 15) is 4.79 Å². The lowest BCUT2D eigenvalue weighted by atomic mass is 9.74. The van der Waals surface area contributed by atoms with E-state index in [4.69, 9.17) is 4.74 Å². The molecule has 4 rings (SSSR count). The summed E-state index contributed by atoms with van der Waals surface area (Å²) in [6.07, 6.45) is 5.28. The molecule has 0 radical (unpaired) electrons. The number of carbonyl (C=O) groups excluding carboxylic acids is 1. The van der Waals surface area contributed by atoms with Crippen molar-refractivity contribution < 1.29 is 9.53 Å². The molecule has 8 heteroatoms. The smallest absolute Gasteiger partial charge is 0.273 e. The minimum atomic E-state index is -0.0986. The Kier molecular flexibility index (Phi) is 3.99. The van der Waals surface area contributed by atoms with Crippen LogP contribution in [0, 0.1) is 5.41 Å². The van der Waals surface area contributed by atoms with Gasteiger partial charge in [-0.3, -0.25) is 4.79 Å². The molecule has 3 aromatic rings. The summed E-state index contributed by atoms with van der Waals surface area (Å²) in [5.74, 6) is 0.785. The first-order valence-corrected chi connectivity index (χ1v) is 8.62. The number of imidazole rings is 2. The highest BCUT2D eigenvalue weighted by atomic mass is 16.5. The van der Waals surface area contributed by atoms with Crippen LogP contribution in [0.5, 0.6) is 0 Å². The standard InChI is InChI=1S/C18H22N6O2/c1-18(2)10-24(14(18)16-19-6-7-23(16)8-9-26-3)17(25)13-5-4-12-15(22-13)21-11-20-12/h4-7,11,14H,8-10H2,1-3H3,(H,20,21,22). The molecule has 1 N–H and O–H groups in total. The van der Waals surface area contributed by atoms with E-state index < -0.39 is 0 Å². The van der Waals surface area contributed by atoms with Gasteiger partial charge >= 0.3 is 0 Å². The van der Waals surface area contributed by atoms with Crippen molar-refractivity contribution in [1.82, 2.24) is 29.4 Å². The lowest BCUT2D eigenvalue weighted by Crippen LogP contribution is -2.58. The Morgan fingerprint density at radius 2 is 2.23 bits per heavy atom. The van der Waals surface area contributed by atoms with E-state index in [0.29, 0.717) is 31.0 Å². The zero-order valence-electron chi connectivity index (χ0n) is 15.1. The maximum atomic E-state index is 13.1. The van der Waals surface area contributed by atoms with Crippen molar-refractivity contribution >= 4 is 17.1 Å². The molecule has 0 aromatic carbocycles. The topological polar surface area (TPSA) is 88.9 Å². The molecule has 1 amide bonds. The Labute approximate surface area is 151 Å². The first-order chi connectivity index (χ1) is 12.5. The first kappa shape index (κ1) is 16.7. The van der Waals surface area contributed by atoms with Gasteiger partial charge in [-0.15, -0.1) is 0 Å². The quantitative estimate of drug-likeness (QED) is 0.757. The summed E-state index contributed by atoms with van der Waals surface area (Å²) >= 11 is 0. The van der Waals surface area contributed by atoms with Crippen LogP contribution in [-0.2, 0) is 11.3 Å². The molecule has 1 unspecified atom stereocenters. The maximum absolute atomic E-state index is 13.1. The molecule has 1 saturated heterocycles. The Hall–Kier alpha value is -2.74. The number of fused-ring (bicyclic) bond motifs is 1. The summed E-state index contributed by atoms with van der Waals surface area (Å²) in [5, 5.41) is 0. The van der Waals surface area contributed by atoms with Crippen molar-refractivity contribution in [1.29, 1.82) is 0 Å². The van der Waals surface area contributed by atoms with Gasteiger partial charge in [0.2, 0.25) is 0 Å². The maximum Gasteiger partial charge on any atom is 0.273 e. The number of amides is 1. The molecule has 4 heterocycles. The van der Waals surface area contributed by atoms with Crippen LogP contribution < -0.4 is 0 Å². The number of nitrogens with zero attached hydrogens (tertiary/aromatic N) is 5. The molecule has 26 heavy (non-hydrogen) atoms. The highest BCUT2D eigenvalue weighted by Gasteiger charge is 2.51. The Balaban J connectivity index is 1.63. The van der Waals surface area contributed by atoms with Crippen LogP contribution in [0.15, 0.2) is 30.9 Å². The summed E-state index contributed by atoms with van der Waals surface area (Å²) in [6.45, 7) is 6.27. The van der Waals surface area contributed by atoms with Crippen molar-refractivity contribution in [3.8, 4) is 0 Å². The van der Waals surface area contributed by atoms with Crippen molar-refractivity contribution in [3.63, 3.8) is 0 Å². The van der Waals surface area contributed by atoms with E-state index in [-0.39, 0.29) is 17.4 Å². The third kappa shape index (κ3) is 2.66. The van der Waals surface area contributed by atoms with E-state index in [1.54, 1.807) is 25.7 Å². The first-order valence-electron chi connectivity index (χ1n) is 8.62. The van der Waals surface area contributed by atoms with Gasteiger partial charge in [0.25, 0.3) is 5.91 Å². The molecule has 0 saturated carbocycles. The van der Waals surface area contributed by atoms with E-state index in [1.165, 1.54) is 0 Å². The summed E-state index contributed by atoms with van der Waals surface area (Å²) in [5.41, 5.74) is 1.72. The number of rotatable bonds is 5. The molecule has 8 nitrogen and oxygen atoms in total. The van der Waals surface area contributed by atoms with Crippen LogP contribution in [0.1, 0.15) is 36.2 Å². The highest BCUT2D eigenvalue weighted by Crippen LogP contribution is 2.48. The molecule has 1 aliphatic rings. The van der Waals surface area contributed by atoms with Crippen molar-refractivity contribution in [2.45, 2.75) is 26.4 Å². The van der Waals surface area contributed by atoms with Crippen molar-refractivity contribution in [2.75, 3.05) is 20.3 Å². The van der Waals surface area contributed by atoms with Crippen molar-refractivity contribution in [3.05, 3.63) is 42.4 Å². The van der Waals surface area contributed by atoms with Crippen LogP contribution in [-0.4, -0.2) is 55.6 Å². The van der Waals surface area contributed by atoms with Gasteiger partial charge in [0.1, 0.15) is 11.5 Å². The van der Waals surface area contributed by atoms with Gasteiger partial charge < -0.3 is 19.2 Å². The number of hydrogen-bond acceptors (Lipinski definition) is 5. The Morgan fingerprint density at radius 1 is 1.38 bits per heavy atom. The average Bonchev–Trinajstić information content (AvgIpc) is 3.26. The second kappa shape index (κ2) is 6.21. The molecule has 0 spiro atoms. The minimum Gasteiger partial charge on any atom is -0.383 e. The molecular formula is C18H22N6O2. The van der Waals surface area contributed by atoms with E-state index in [2.05, 4.69) is 38.4 Å². The number of aromatic amines is 1. The van der Waals surface area contributed by atoms with E-state index in [0.717, 1.165) is 11.3 Å². The Morgan fingerprint density at radius 3 is 3.00 bits per heavy atom. The Bertz CT molecular complexity index is 944. The third-order valence-corrected chi connectivity index (χ3v) is 4.92. The summed E-state index contributed by atoms with van der Waals surface area (Å²) < 4.78 is 7.24.